The first-order chi connectivity index (χ1) is 6.74. The van der Waals surface area contributed by atoms with Gasteiger partial charge in [-0.15, -0.1) is 0 Å². The molecule has 0 aliphatic rings. The Balaban J connectivity index is 3.00. The number of aromatic nitrogens is 3. The summed E-state index contributed by atoms with van der Waals surface area (Å²) < 4.78 is 7.90. The molecule has 0 amide bonds. The van der Waals surface area contributed by atoms with Crippen molar-refractivity contribution < 1.29 is 4.74 Å². The Morgan fingerprint density at radius 2 is 2.29 bits per heavy atom. The van der Waals surface area contributed by atoms with Crippen molar-refractivity contribution in [3.05, 3.63) is 10.6 Å². The van der Waals surface area contributed by atoms with Crippen LogP contribution in [0.15, 0.2) is 0 Å². The lowest BCUT2D eigenvalue weighted by Crippen LogP contribution is -2.16. The van der Waals surface area contributed by atoms with Crippen molar-refractivity contribution in [2.24, 2.45) is 0 Å². The first-order valence-electron chi connectivity index (χ1n) is 4.89. The number of aryl methyl sites for hydroxylation is 1. The van der Waals surface area contributed by atoms with E-state index in [1.54, 1.807) is 7.11 Å². The predicted octanol–water partition coefficient (Wildman–Crippen LogP) is 2.10. The van der Waals surface area contributed by atoms with Crippen LogP contribution < -0.4 is 0 Å². The molecule has 0 bridgehead atoms. The lowest BCUT2D eigenvalue weighted by Gasteiger charge is -2.16. The number of ether oxygens (including phenoxy) is 1. The van der Waals surface area contributed by atoms with Crippen LogP contribution in [0.5, 0.6) is 0 Å². The van der Waals surface area contributed by atoms with Gasteiger partial charge in [-0.05, 0) is 18.6 Å². The Kier molecular flexibility index (Phi) is 4.28. The van der Waals surface area contributed by atoms with Gasteiger partial charge in [0.15, 0.2) is 4.77 Å². The van der Waals surface area contributed by atoms with Crippen LogP contribution >= 0.6 is 12.2 Å². The highest BCUT2D eigenvalue weighted by molar-refractivity contribution is 7.71. The van der Waals surface area contributed by atoms with E-state index in [0.717, 1.165) is 18.7 Å². The maximum atomic E-state index is 5.19. The van der Waals surface area contributed by atoms with E-state index >= 15 is 0 Å². The third-order valence-electron chi connectivity index (χ3n) is 2.29. The number of methoxy groups -OCH3 is 1. The van der Waals surface area contributed by atoms with Crippen LogP contribution in [-0.4, -0.2) is 28.5 Å². The lowest BCUT2D eigenvalue weighted by atomic mass is 10.2. The average Bonchev–Trinajstić information content (AvgIpc) is 2.56. The summed E-state index contributed by atoms with van der Waals surface area (Å²) in [7, 11) is 1.71. The summed E-state index contributed by atoms with van der Waals surface area (Å²) in [6.07, 6.45) is 1.88. The molecule has 0 fully saturated rings. The smallest absolute Gasteiger partial charge is 0.195 e. The van der Waals surface area contributed by atoms with Gasteiger partial charge in [-0.3, -0.25) is 9.67 Å². The lowest BCUT2D eigenvalue weighted by molar-refractivity contribution is 0.151. The van der Waals surface area contributed by atoms with Gasteiger partial charge in [-0.1, -0.05) is 13.8 Å². The van der Waals surface area contributed by atoms with Crippen LogP contribution in [0, 0.1) is 4.77 Å². The Bertz CT molecular complexity index is 331. The van der Waals surface area contributed by atoms with Crippen molar-refractivity contribution in [2.45, 2.75) is 32.7 Å². The minimum atomic E-state index is 0.293. The molecule has 0 radical (unpaired) electrons. The van der Waals surface area contributed by atoms with Gasteiger partial charge < -0.3 is 4.74 Å². The quantitative estimate of drug-likeness (QED) is 0.765. The van der Waals surface area contributed by atoms with Gasteiger partial charge in [-0.25, -0.2) is 0 Å². The molecule has 1 atom stereocenters. The minimum absolute atomic E-state index is 0.293. The van der Waals surface area contributed by atoms with Crippen LogP contribution in [0.4, 0.5) is 0 Å². The number of rotatable bonds is 5. The number of hydrogen-bond acceptors (Lipinski definition) is 3. The molecular formula is C9H17N3OS. The monoisotopic (exact) mass is 215 g/mol. The third-order valence-corrected chi connectivity index (χ3v) is 2.58. The normalized spacial score (nSPS) is 13.1. The molecule has 0 aliphatic heterocycles. The molecule has 1 aromatic rings. The molecule has 80 valence electrons. The molecule has 1 N–H and O–H groups in total. The molecule has 1 unspecified atom stereocenters. The van der Waals surface area contributed by atoms with Crippen molar-refractivity contribution in [1.29, 1.82) is 0 Å². The second-order valence-corrected chi connectivity index (χ2v) is 3.57. The van der Waals surface area contributed by atoms with Crippen LogP contribution in [0.2, 0.25) is 0 Å². The number of nitrogens with zero attached hydrogens (tertiary/aromatic N) is 2. The predicted molar refractivity (Wildman–Crippen MR) is 58.0 cm³/mol. The first-order valence-corrected chi connectivity index (χ1v) is 5.30. The van der Waals surface area contributed by atoms with Crippen molar-refractivity contribution in [3.63, 3.8) is 0 Å². The second-order valence-electron chi connectivity index (χ2n) is 3.19. The Labute approximate surface area is 89.3 Å². The van der Waals surface area contributed by atoms with E-state index in [1.165, 1.54) is 0 Å². The molecule has 0 spiro atoms. The van der Waals surface area contributed by atoms with Gasteiger partial charge in [0.05, 0.1) is 12.6 Å². The molecule has 1 aromatic heterocycles. The summed E-state index contributed by atoms with van der Waals surface area (Å²) in [6.45, 7) is 4.87. The highest BCUT2D eigenvalue weighted by atomic mass is 32.1. The van der Waals surface area contributed by atoms with Crippen LogP contribution in [0.1, 0.15) is 32.1 Å². The highest BCUT2D eigenvalue weighted by Gasteiger charge is 2.13. The zero-order chi connectivity index (χ0) is 10.6. The van der Waals surface area contributed by atoms with Crippen molar-refractivity contribution >= 4 is 12.2 Å². The maximum absolute atomic E-state index is 5.19. The van der Waals surface area contributed by atoms with Crippen LogP contribution in [0.25, 0.3) is 0 Å². The number of nitrogens with one attached hydrogen (secondary N) is 1. The molecule has 14 heavy (non-hydrogen) atoms. The zero-order valence-corrected chi connectivity index (χ0v) is 9.73. The highest BCUT2D eigenvalue weighted by Crippen LogP contribution is 2.14. The fourth-order valence-corrected chi connectivity index (χ4v) is 1.83. The van der Waals surface area contributed by atoms with E-state index in [1.807, 2.05) is 0 Å². The molecule has 1 heterocycles. The van der Waals surface area contributed by atoms with E-state index in [2.05, 4.69) is 28.6 Å². The van der Waals surface area contributed by atoms with E-state index in [9.17, 15) is 0 Å². The molecule has 0 saturated heterocycles. The maximum Gasteiger partial charge on any atom is 0.195 e. The Hall–Kier alpha value is -0.680. The molecule has 1 rings (SSSR count). The van der Waals surface area contributed by atoms with E-state index in [4.69, 9.17) is 17.0 Å². The Morgan fingerprint density at radius 1 is 1.57 bits per heavy atom. The van der Waals surface area contributed by atoms with E-state index in [0.29, 0.717) is 17.4 Å². The molecular weight excluding hydrogens is 198 g/mol. The van der Waals surface area contributed by atoms with E-state index in [-0.39, 0.29) is 0 Å². The number of H-pyrrole nitrogens is 1. The van der Waals surface area contributed by atoms with Crippen LogP contribution in [0.3, 0.4) is 0 Å². The van der Waals surface area contributed by atoms with Crippen molar-refractivity contribution in [2.75, 3.05) is 13.7 Å². The van der Waals surface area contributed by atoms with Gasteiger partial charge >= 0.3 is 0 Å². The van der Waals surface area contributed by atoms with Gasteiger partial charge in [-0.2, -0.15) is 5.10 Å². The van der Waals surface area contributed by atoms with E-state index < -0.39 is 0 Å². The van der Waals surface area contributed by atoms with Crippen LogP contribution in [-0.2, 0) is 11.2 Å². The molecule has 0 aliphatic carbocycles. The van der Waals surface area contributed by atoms with Gasteiger partial charge in [0.25, 0.3) is 0 Å². The largest absolute Gasteiger partial charge is 0.383 e. The molecule has 0 aromatic carbocycles. The standard InChI is InChI=1S/C9H17N3OS/c1-4-7(6-13-3)12-8(5-2)10-11-9(12)14/h7H,4-6H2,1-3H3,(H,11,14). The summed E-state index contributed by atoms with van der Waals surface area (Å²) in [5.74, 6) is 0.999. The topological polar surface area (TPSA) is 42.8 Å². The fourth-order valence-electron chi connectivity index (χ4n) is 1.53. The average molecular weight is 215 g/mol. The number of hydrogen-bond donors (Lipinski definition) is 1. The SMILES string of the molecule is CCc1n[nH]c(=S)n1C(CC)COC. The second kappa shape index (κ2) is 5.26. The molecule has 4 nitrogen and oxygen atoms in total. The van der Waals surface area contributed by atoms with Crippen molar-refractivity contribution in [1.82, 2.24) is 14.8 Å². The fraction of sp³-hybridized carbons (Fsp3) is 0.778. The number of aromatic amines is 1. The molecule has 0 saturated carbocycles. The first kappa shape index (κ1) is 11.4. The molecule has 5 heteroatoms. The van der Waals surface area contributed by atoms with Crippen molar-refractivity contribution in [3.8, 4) is 0 Å². The third kappa shape index (κ3) is 2.22. The zero-order valence-electron chi connectivity index (χ0n) is 8.91. The summed E-state index contributed by atoms with van der Waals surface area (Å²) in [5.41, 5.74) is 0. The summed E-state index contributed by atoms with van der Waals surface area (Å²) in [6, 6.07) is 0.293. The van der Waals surface area contributed by atoms with Gasteiger partial charge in [0.1, 0.15) is 5.82 Å². The van der Waals surface area contributed by atoms with Gasteiger partial charge in [0, 0.05) is 13.5 Å². The minimum Gasteiger partial charge on any atom is -0.383 e. The summed E-state index contributed by atoms with van der Waals surface area (Å²) >= 11 is 5.19. The summed E-state index contributed by atoms with van der Waals surface area (Å²) in [4.78, 5) is 0. The summed E-state index contributed by atoms with van der Waals surface area (Å²) in [5, 5.41) is 7.00. The Morgan fingerprint density at radius 3 is 2.79 bits per heavy atom. The van der Waals surface area contributed by atoms with Gasteiger partial charge in [0.2, 0.25) is 0 Å².